The van der Waals surface area contributed by atoms with Crippen molar-refractivity contribution in [2.24, 2.45) is 0 Å². The smallest absolute Gasteiger partial charge is 0.0360 e. The first kappa shape index (κ1) is 12.6. The van der Waals surface area contributed by atoms with Gasteiger partial charge in [0.1, 0.15) is 0 Å². The van der Waals surface area contributed by atoms with E-state index in [1.807, 2.05) is 0 Å². The highest BCUT2D eigenvalue weighted by molar-refractivity contribution is 7.07. The molecule has 1 aromatic carbocycles. The van der Waals surface area contributed by atoms with Crippen molar-refractivity contribution in [3.63, 3.8) is 0 Å². The number of benzene rings is 1. The third-order valence-electron chi connectivity index (χ3n) is 3.74. The summed E-state index contributed by atoms with van der Waals surface area (Å²) >= 11 is 1.80. The molecule has 1 aromatic heterocycles. The fraction of sp³-hybridized carbons (Fsp3) is 0.294. The van der Waals surface area contributed by atoms with Gasteiger partial charge < -0.3 is 0 Å². The van der Waals surface area contributed by atoms with Gasteiger partial charge in [-0.3, -0.25) is 4.90 Å². The molecule has 0 bridgehead atoms. The Morgan fingerprint density at radius 2 is 2.11 bits per heavy atom. The molecule has 1 fully saturated rings. The molecule has 2 heterocycles. The Kier molecular flexibility index (Phi) is 4.11. The zero-order valence-corrected chi connectivity index (χ0v) is 11.9. The van der Waals surface area contributed by atoms with Crippen LogP contribution in [-0.4, -0.2) is 18.0 Å². The monoisotopic (exact) mass is 269 g/mol. The lowest BCUT2D eigenvalue weighted by Crippen LogP contribution is -2.22. The van der Waals surface area contributed by atoms with Crippen LogP contribution in [0.15, 0.2) is 53.2 Å². The fourth-order valence-electron chi connectivity index (χ4n) is 2.78. The Labute approximate surface area is 119 Å². The topological polar surface area (TPSA) is 3.24 Å². The molecule has 19 heavy (non-hydrogen) atoms. The molecule has 1 aliphatic rings. The molecular formula is C17H19NS. The van der Waals surface area contributed by atoms with Crippen LogP contribution in [0.1, 0.15) is 30.0 Å². The SMILES string of the molecule is C(=C\c1ccccc1)/CN1CCC[C@H]1c1ccsc1. The van der Waals surface area contributed by atoms with Gasteiger partial charge in [-0.2, -0.15) is 11.3 Å². The first-order valence-electron chi connectivity index (χ1n) is 6.91. The molecule has 2 aromatic rings. The van der Waals surface area contributed by atoms with Crippen LogP contribution < -0.4 is 0 Å². The normalized spacial score (nSPS) is 20.3. The highest BCUT2D eigenvalue weighted by Gasteiger charge is 2.24. The quantitative estimate of drug-likeness (QED) is 0.784. The molecule has 0 radical (unpaired) electrons. The molecule has 98 valence electrons. The van der Waals surface area contributed by atoms with Crippen molar-refractivity contribution in [3.8, 4) is 0 Å². The first-order chi connectivity index (χ1) is 9.43. The van der Waals surface area contributed by atoms with Gasteiger partial charge in [-0.15, -0.1) is 0 Å². The first-order valence-corrected chi connectivity index (χ1v) is 7.85. The molecular weight excluding hydrogens is 250 g/mol. The maximum Gasteiger partial charge on any atom is 0.0360 e. The van der Waals surface area contributed by atoms with Crippen LogP contribution in [0.2, 0.25) is 0 Å². The van der Waals surface area contributed by atoms with E-state index in [1.165, 1.54) is 30.5 Å². The predicted molar refractivity (Wildman–Crippen MR) is 83.3 cm³/mol. The van der Waals surface area contributed by atoms with Crippen LogP contribution in [0.25, 0.3) is 6.08 Å². The van der Waals surface area contributed by atoms with E-state index >= 15 is 0 Å². The molecule has 0 amide bonds. The molecule has 1 saturated heterocycles. The minimum absolute atomic E-state index is 0.631. The summed E-state index contributed by atoms with van der Waals surface area (Å²) in [7, 11) is 0. The molecule has 0 saturated carbocycles. The second-order valence-electron chi connectivity index (χ2n) is 5.02. The lowest BCUT2D eigenvalue weighted by atomic mass is 10.1. The number of hydrogen-bond donors (Lipinski definition) is 0. The Balaban J connectivity index is 1.62. The van der Waals surface area contributed by atoms with Gasteiger partial charge in [-0.1, -0.05) is 42.5 Å². The lowest BCUT2D eigenvalue weighted by Gasteiger charge is -2.22. The van der Waals surface area contributed by atoms with Crippen LogP contribution >= 0.6 is 11.3 Å². The van der Waals surface area contributed by atoms with Crippen molar-refractivity contribution >= 4 is 17.4 Å². The second kappa shape index (κ2) is 6.18. The number of rotatable bonds is 4. The van der Waals surface area contributed by atoms with Crippen molar-refractivity contribution in [1.29, 1.82) is 0 Å². The Bertz CT molecular complexity index is 515. The summed E-state index contributed by atoms with van der Waals surface area (Å²) < 4.78 is 0. The molecule has 1 atom stereocenters. The van der Waals surface area contributed by atoms with Gasteiger partial charge >= 0.3 is 0 Å². The largest absolute Gasteiger partial charge is 0.293 e. The molecule has 0 spiro atoms. The zero-order chi connectivity index (χ0) is 12.9. The third kappa shape index (κ3) is 3.14. The van der Waals surface area contributed by atoms with Gasteiger partial charge in [0.25, 0.3) is 0 Å². The summed E-state index contributed by atoms with van der Waals surface area (Å²) in [5, 5.41) is 4.48. The summed E-state index contributed by atoms with van der Waals surface area (Å²) in [6.45, 7) is 2.27. The molecule has 0 N–H and O–H groups in total. The maximum absolute atomic E-state index is 2.58. The van der Waals surface area contributed by atoms with Crippen molar-refractivity contribution in [2.45, 2.75) is 18.9 Å². The Morgan fingerprint density at radius 1 is 1.21 bits per heavy atom. The summed E-state index contributed by atoms with van der Waals surface area (Å²) in [5.41, 5.74) is 2.78. The fourth-order valence-corrected chi connectivity index (χ4v) is 3.48. The highest BCUT2D eigenvalue weighted by Crippen LogP contribution is 2.32. The number of hydrogen-bond acceptors (Lipinski definition) is 2. The molecule has 1 nitrogen and oxygen atoms in total. The van der Waals surface area contributed by atoms with E-state index in [4.69, 9.17) is 0 Å². The minimum atomic E-state index is 0.631. The number of nitrogens with zero attached hydrogens (tertiary/aromatic N) is 1. The second-order valence-corrected chi connectivity index (χ2v) is 5.80. The van der Waals surface area contributed by atoms with Crippen molar-refractivity contribution in [3.05, 3.63) is 64.4 Å². The van der Waals surface area contributed by atoms with Crippen LogP contribution in [0.5, 0.6) is 0 Å². The maximum atomic E-state index is 2.58. The molecule has 2 heteroatoms. The van der Waals surface area contributed by atoms with Gasteiger partial charge in [0.05, 0.1) is 0 Å². The van der Waals surface area contributed by atoms with Crippen molar-refractivity contribution in [2.75, 3.05) is 13.1 Å². The summed E-state index contributed by atoms with van der Waals surface area (Å²) in [6.07, 6.45) is 7.14. The van der Waals surface area contributed by atoms with Crippen LogP contribution in [-0.2, 0) is 0 Å². The standard InChI is InChI=1S/C17H19NS/c1-2-6-15(7-3-1)8-4-11-18-12-5-9-17(18)16-10-13-19-14-16/h1-4,6-8,10,13-14,17H,5,9,11-12H2/b8-4+/t17-/m0/s1. The van der Waals surface area contributed by atoms with E-state index in [-0.39, 0.29) is 0 Å². The molecule has 1 aliphatic heterocycles. The van der Waals surface area contributed by atoms with Gasteiger partial charge in [0, 0.05) is 12.6 Å². The van der Waals surface area contributed by atoms with Crippen LogP contribution in [0.3, 0.4) is 0 Å². The van der Waals surface area contributed by atoms with Gasteiger partial charge in [-0.25, -0.2) is 0 Å². The number of likely N-dealkylation sites (tertiary alicyclic amines) is 1. The minimum Gasteiger partial charge on any atom is -0.293 e. The van der Waals surface area contributed by atoms with Crippen LogP contribution in [0.4, 0.5) is 0 Å². The summed E-state index contributed by atoms with van der Waals surface area (Å²) in [6, 6.07) is 13.4. The van der Waals surface area contributed by atoms with Crippen molar-refractivity contribution in [1.82, 2.24) is 4.90 Å². The van der Waals surface area contributed by atoms with E-state index in [0.717, 1.165) is 6.54 Å². The molecule has 0 unspecified atom stereocenters. The van der Waals surface area contributed by atoms with E-state index in [9.17, 15) is 0 Å². The average Bonchev–Trinajstić information content (AvgIpc) is 3.10. The van der Waals surface area contributed by atoms with E-state index in [1.54, 1.807) is 11.3 Å². The Hall–Kier alpha value is -1.38. The zero-order valence-electron chi connectivity index (χ0n) is 11.0. The van der Waals surface area contributed by atoms with Gasteiger partial charge in [0.2, 0.25) is 0 Å². The Morgan fingerprint density at radius 3 is 2.89 bits per heavy atom. The van der Waals surface area contributed by atoms with E-state index in [0.29, 0.717) is 6.04 Å². The predicted octanol–water partition coefficient (Wildman–Crippen LogP) is 4.60. The van der Waals surface area contributed by atoms with E-state index in [2.05, 4.69) is 64.2 Å². The van der Waals surface area contributed by atoms with Gasteiger partial charge in [0.15, 0.2) is 0 Å². The average molecular weight is 269 g/mol. The van der Waals surface area contributed by atoms with Crippen LogP contribution in [0, 0.1) is 0 Å². The number of thiophene rings is 1. The lowest BCUT2D eigenvalue weighted by molar-refractivity contribution is 0.286. The molecule has 0 aliphatic carbocycles. The van der Waals surface area contributed by atoms with E-state index < -0.39 is 0 Å². The summed E-state index contributed by atoms with van der Waals surface area (Å²) in [5.74, 6) is 0. The van der Waals surface area contributed by atoms with Crippen molar-refractivity contribution < 1.29 is 0 Å². The summed E-state index contributed by atoms with van der Waals surface area (Å²) in [4.78, 5) is 2.58. The molecule has 3 rings (SSSR count). The highest BCUT2D eigenvalue weighted by atomic mass is 32.1. The van der Waals surface area contributed by atoms with Gasteiger partial charge in [-0.05, 0) is 47.3 Å². The third-order valence-corrected chi connectivity index (χ3v) is 4.44.